The normalized spacial score (nSPS) is 15.7. The number of hydrogen-bond donors (Lipinski definition) is 0. The molecule has 0 spiro atoms. The number of furan rings is 1. The zero-order valence-corrected chi connectivity index (χ0v) is 18.3. The first-order valence-corrected chi connectivity index (χ1v) is 11.2. The predicted octanol–water partition coefficient (Wildman–Crippen LogP) is 5.45. The van der Waals surface area contributed by atoms with Gasteiger partial charge in [-0.3, -0.25) is 4.79 Å². The van der Waals surface area contributed by atoms with Crippen molar-refractivity contribution in [1.29, 1.82) is 0 Å². The number of rotatable bonds is 6. The van der Waals surface area contributed by atoms with Crippen molar-refractivity contribution in [3.8, 4) is 11.5 Å². The highest BCUT2D eigenvalue weighted by molar-refractivity contribution is 7.99. The number of carbonyl (C=O) groups is 1. The molecule has 2 aromatic heterocycles. The van der Waals surface area contributed by atoms with Gasteiger partial charge in [0.1, 0.15) is 11.8 Å². The Morgan fingerprint density at radius 1 is 1.03 bits per heavy atom. The van der Waals surface area contributed by atoms with Gasteiger partial charge < -0.3 is 8.83 Å². The molecule has 32 heavy (non-hydrogen) atoms. The summed E-state index contributed by atoms with van der Waals surface area (Å²) in [6, 6.07) is 20.2. The van der Waals surface area contributed by atoms with Gasteiger partial charge in [0, 0.05) is 17.0 Å². The summed E-state index contributed by atoms with van der Waals surface area (Å²) in [7, 11) is 0. The molecule has 0 N–H and O–H groups in total. The molecule has 1 atom stereocenters. The zero-order valence-electron chi connectivity index (χ0n) is 16.7. The molecule has 5 rings (SSSR count). The Morgan fingerprint density at radius 2 is 1.84 bits per heavy atom. The minimum atomic E-state index is -0.314. The van der Waals surface area contributed by atoms with E-state index in [1.165, 1.54) is 16.8 Å². The fourth-order valence-corrected chi connectivity index (χ4v) is 4.16. The highest BCUT2D eigenvalue weighted by Gasteiger charge is 2.35. The molecule has 7 nitrogen and oxygen atoms in total. The molecule has 9 heteroatoms. The molecule has 0 aliphatic carbocycles. The molecule has 0 fully saturated rings. The number of thioether (sulfide) groups is 1. The van der Waals surface area contributed by atoms with Crippen LogP contribution in [0.5, 0.6) is 0 Å². The lowest BCUT2D eigenvalue weighted by Gasteiger charge is -2.19. The molecule has 0 saturated heterocycles. The fraction of sp³-hybridized carbons (Fsp3) is 0.130. The highest BCUT2D eigenvalue weighted by Crippen LogP contribution is 2.34. The molecule has 160 valence electrons. The van der Waals surface area contributed by atoms with E-state index >= 15 is 0 Å². The van der Waals surface area contributed by atoms with Crippen LogP contribution in [0.15, 0.2) is 92.2 Å². The summed E-state index contributed by atoms with van der Waals surface area (Å²) < 4.78 is 11.3. The van der Waals surface area contributed by atoms with Gasteiger partial charge in [-0.15, -0.1) is 10.2 Å². The summed E-state index contributed by atoms with van der Waals surface area (Å²) in [5.41, 5.74) is 2.54. The fourth-order valence-electron chi connectivity index (χ4n) is 3.41. The molecule has 1 amide bonds. The number of nitrogens with zero attached hydrogens (tertiary/aromatic N) is 4. The summed E-state index contributed by atoms with van der Waals surface area (Å²) in [5.74, 6) is 1.02. The summed E-state index contributed by atoms with van der Waals surface area (Å²) in [6.45, 7) is 0. The van der Waals surface area contributed by atoms with E-state index in [4.69, 9.17) is 20.4 Å². The van der Waals surface area contributed by atoms with Crippen molar-refractivity contribution in [3.63, 3.8) is 0 Å². The van der Waals surface area contributed by atoms with Crippen molar-refractivity contribution in [2.45, 2.75) is 17.7 Å². The van der Waals surface area contributed by atoms with Crippen LogP contribution >= 0.6 is 23.4 Å². The third kappa shape index (κ3) is 4.32. The Hall–Kier alpha value is -3.36. The van der Waals surface area contributed by atoms with E-state index in [2.05, 4.69) is 15.3 Å². The van der Waals surface area contributed by atoms with E-state index in [1.807, 2.05) is 60.7 Å². The molecular formula is C23H17ClN4O3S. The van der Waals surface area contributed by atoms with Gasteiger partial charge in [-0.2, -0.15) is 5.10 Å². The van der Waals surface area contributed by atoms with E-state index in [1.54, 1.807) is 12.3 Å². The van der Waals surface area contributed by atoms with Gasteiger partial charge in [0.15, 0.2) is 0 Å². The number of hydrazone groups is 1. The third-order valence-electron chi connectivity index (χ3n) is 4.96. The van der Waals surface area contributed by atoms with Crippen LogP contribution < -0.4 is 0 Å². The maximum atomic E-state index is 13.1. The van der Waals surface area contributed by atoms with Crippen LogP contribution in [-0.2, 0) is 4.79 Å². The molecule has 0 radical (unpaired) electrons. The Labute approximate surface area is 193 Å². The quantitative estimate of drug-likeness (QED) is 0.352. The van der Waals surface area contributed by atoms with Gasteiger partial charge in [0.25, 0.3) is 11.1 Å². The first-order valence-electron chi connectivity index (χ1n) is 9.88. The third-order valence-corrected chi connectivity index (χ3v) is 6.02. The number of aromatic nitrogens is 2. The van der Waals surface area contributed by atoms with Gasteiger partial charge in [0.05, 0.1) is 17.7 Å². The number of carbonyl (C=O) groups excluding carboxylic acids is 1. The second kappa shape index (κ2) is 9.02. The highest BCUT2D eigenvalue weighted by atomic mass is 35.5. The van der Waals surface area contributed by atoms with Gasteiger partial charge in [0.2, 0.25) is 5.89 Å². The lowest BCUT2D eigenvalue weighted by atomic mass is 10.0. The van der Waals surface area contributed by atoms with E-state index in [9.17, 15) is 4.79 Å². The minimum absolute atomic E-state index is 0.102. The summed E-state index contributed by atoms with van der Waals surface area (Å²) in [5, 5.41) is 15.2. The molecule has 0 unspecified atom stereocenters. The first kappa shape index (κ1) is 20.5. The number of halogens is 1. The SMILES string of the molecule is O=C(CSc1nnc(-c2ccccc2)o1)N1N=C(c2ccc(Cl)cc2)C[C@@H]1c1ccco1. The average molecular weight is 465 g/mol. The monoisotopic (exact) mass is 464 g/mol. The molecule has 4 aromatic rings. The van der Waals surface area contributed by atoms with Gasteiger partial charge in [-0.1, -0.05) is 53.7 Å². The molecule has 0 bridgehead atoms. The molecule has 2 aromatic carbocycles. The summed E-state index contributed by atoms with van der Waals surface area (Å²) in [4.78, 5) is 13.1. The van der Waals surface area contributed by atoms with Crippen LogP contribution in [0, 0.1) is 0 Å². The zero-order chi connectivity index (χ0) is 21.9. The van der Waals surface area contributed by atoms with Crippen molar-refractivity contribution in [2.75, 3.05) is 5.75 Å². The Balaban J connectivity index is 1.32. The standard InChI is InChI=1S/C23H17ClN4O3S/c24-17-10-8-15(9-11-17)18-13-19(20-7-4-12-30-20)28(27-18)21(29)14-32-23-26-25-22(31-23)16-5-2-1-3-6-16/h1-12,19H,13-14H2/t19-/m1/s1. The lowest BCUT2D eigenvalue weighted by Crippen LogP contribution is -2.28. The van der Waals surface area contributed by atoms with Crippen LogP contribution in [0.2, 0.25) is 5.02 Å². The lowest BCUT2D eigenvalue weighted by molar-refractivity contribution is -0.130. The second-order valence-electron chi connectivity index (χ2n) is 7.06. The van der Waals surface area contributed by atoms with Crippen molar-refractivity contribution >= 4 is 35.0 Å². The topological polar surface area (TPSA) is 84.7 Å². The Bertz CT molecular complexity index is 1240. The average Bonchev–Trinajstić information content (AvgIpc) is 3.59. The predicted molar refractivity (Wildman–Crippen MR) is 121 cm³/mol. The smallest absolute Gasteiger partial charge is 0.277 e. The van der Waals surface area contributed by atoms with E-state index < -0.39 is 0 Å². The molecule has 3 heterocycles. The Kier molecular flexibility index (Phi) is 5.79. The maximum absolute atomic E-state index is 13.1. The van der Waals surface area contributed by atoms with Crippen molar-refractivity contribution in [1.82, 2.24) is 15.2 Å². The minimum Gasteiger partial charge on any atom is -0.467 e. The van der Waals surface area contributed by atoms with Gasteiger partial charge >= 0.3 is 0 Å². The first-order chi connectivity index (χ1) is 15.7. The van der Waals surface area contributed by atoms with Crippen LogP contribution in [-0.4, -0.2) is 32.6 Å². The van der Waals surface area contributed by atoms with E-state index in [0.717, 1.165) is 16.8 Å². The molecule has 1 aliphatic rings. The Morgan fingerprint density at radius 3 is 2.59 bits per heavy atom. The number of hydrogen-bond acceptors (Lipinski definition) is 7. The molecular weight excluding hydrogens is 448 g/mol. The van der Waals surface area contributed by atoms with Crippen LogP contribution in [0.25, 0.3) is 11.5 Å². The second-order valence-corrected chi connectivity index (χ2v) is 8.42. The summed E-state index contributed by atoms with van der Waals surface area (Å²) in [6.07, 6.45) is 2.14. The van der Waals surface area contributed by atoms with Crippen molar-refractivity contribution in [2.24, 2.45) is 5.10 Å². The molecule has 1 aliphatic heterocycles. The summed E-state index contributed by atoms with van der Waals surface area (Å²) >= 11 is 7.19. The van der Waals surface area contributed by atoms with E-state index in [0.29, 0.717) is 28.3 Å². The van der Waals surface area contributed by atoms with Crippen molar-refractivity contribution < 1.29 is 13.6 Å². The molecule has 0 saturated carbocycles. The van der Waals surface area contributed by atoms with Gasteiger partial charge in [-0.05, 0) is 42.0 Å². The van der Waals surface area contributed by atoms with Crippen LogP contribution in [0.3, 0.4) is 0 Å². The maximum Gasteiger partial charge on any atom is 0.277 e. The number of benzene rings is 2. The van der Waals surface area contributed by atoms with Crippen LogP contribution in [0.4, 0.5) is 0 Å². The van der Waals surface area contributed by atoms with Crippen molar-refractivity contribution in [3.05, 3.63) is 89.3 Å². The number of amides is 1. The van der Waals surface area contributed by atoms with Crippen LogP contribution in [0.1, 0.15) is 23.8 Å². The van der Waals surface area contributed by atoms with Gasteiger partial charge in [-0.25, -0.2) is 5.01 Å². The largest absolute Gasteiger partial charge is 0.467 e. The van der Waals surface area contributed by atoms with E-state index in [-0.39, 0.29) is 17.7 Å².